The van der Waals surface area contributed by atoms with E-state index in [1.54, 1.807) is 0 Å². The second kappa shape index (κ2) is 6.25. The summed E-state index contributed by atoms with van der Waals surface area (Å²) in [5.41, 5.74) is -2.07. The summed E-state index contributed by atoms with van der Waals surface area (Å²) in [5, 5.41) is 12.6. The van der Waals surface area contributed by atoms with E-state index < -0.39 is 28.3 Å². The van der Waals surface area contributed by atoms with Gasteiger partial charge in [-0.15, -0.1) is 0 Å². The number of carbonyl (C=O) groups is 1. The van der Waals surface area contributed by atoms with Gasteiger partial charge in [-0.25, -0.2) is 0 Å². The number of hydrogen-bond acceptors (Lipinski definition) is 3. The van der Waals surface area contributed by atoms with E-state index in [2.05, 4.69) is 5.32 Å². The van der Waals surface area contributed by atoms with Gasteiger partial charge in [-0.05, 0) is 24.3 Å². The standard InChI is InChI=1S/C14H8ClF3N2O3/c15-9-4-5-12(11(7-9)14(16,17)18)19-13(21)8-2-1-3-10(6-8)20(22)23/h1-7H,(H,19,21). The number of nitro groups is 1. The zero-order valence-corrected chi connectivity index (χ0v) is 12.0. The number of amides is 1. The Bertz CT molecular complexity index is 778. The molecular weight excluding hydrogens is 337 g/mol. The summed E-state index contributed by atoms with van der Waals surface area (Å²) in [6, 6.07) is 7.55. The number of hydrogen-bond donors (Lipinski definition) is 1. The van der Waals surface area contributed by atoms with E-state index in [4.69, 9.17) is 11.6 Å². The highest BCUT2D eigenvalue weighted by Gasteiger charge is 2.34. The van der Waals surface area contributed by atoms with Gasteiger partial charge in [0.2, 0.25) is 0 Å². The maximum atomic E-state index is 13.0. The fourth-order valence-electron chi connectivity index (χ4n) is 1.82. The molecule has 0 saturated heterocycles. The quantitative estimate of drug-likeness (QED) is 0.657. The maximum Gasteiger partial charge on any atom is 0.418 e. The minimum atomic E-state index is -4.71. The van der Waals surface area contributed by atoms with Crippen molar-refractivity contribution < 1.29 is 22.9 Å². The molecule has 2 aromatic rings. The average molecular weight is 345 g/mol. The van der Waals surface area contributed by atoms with Crippen LogP contribution >= 0.6 is 11.6 Å². The molecule has 5 nitrogen and oxygen atoms in total. The molecule has 0 atom stereocenters. The third kappa shape index (κ3) is 3.98. The molecular formula is C14H8ClF3N2O3. The monoisotopic (exact) mass is 344 g/mol. The molecule has 0 unspecified atom stereocenters. The Kier molecular flexibility index (Phi) is 4.55. The van der Waals surface area contributed by atoms with Gasteiger partial charge in [-0.1, -0.05) is 17.7 Å². The molecule has 0 bridgehead atoms. The lowest BCUT2D eigenvalue weighted by molar-refractivity contribution is -0.384. The molecule has 9 heteroatoms. The van der Waals surface area contributed by atoms with E-state index in [9.17, 15) is 28.1 Å². The predicted molar refractivity (Wildman–Crippen MR) is 77.5 cm³/mol. The van der Waals surface area contributed by atoms with E-state index in [0.717, 1.165) is 12.1 Å². The minimum absolute atomic E-state index is 0.134. The van der Waals surface area contributed by atoms with Crippen LogP contribution in [0, 0.1) is 10.1 Å². The fraction of sp³-hybridized carbons (Fsp3) is 0.0714. The van der Waals surface area contributed by atoms with Gasteiger partial charge in [-0.3, -0.25) is 14.9 Å². The summed E-state index contributed by atoms with van der Waals surface area (Å²) in [7, 11) is 0. The summed E-state index contributed by atoms with van der Waals surface area (Å²) in [5.74, 6) is -0.901. The number of rotatable bonds is 3. The first kappa shape index (κ1) is 16.8. The van der Waals surface area contributed by atoms with Crippen LogP contribution in [0.3, 0.4) is 0 Å². The molecule has 1 amide bonds. The Morgan fingerprint density at radius 3 is 2.48 bits per heavy atom. The Balaban J connectivity index is 2.34. The minimum Gasteiger partial charge on any atom is -0.321 e. The molecule has 0 fully saturated rings. The summed E-state index contributed by atoms with van der Waals surface area (Å²) in [4.78, 5) is 22.0. The van der Waals surface area contributed by atoms with Crippen molar-refractivity contribution in [1.82, 2.24) is 0 Å². The maximum absolute atomic E-state index is 13.0. The van der Waals surface area contributed by atoms with Gasteiger partial charge in [-0.2, -0.15) is 13.2 Å². The number of benzene rings is 2. The number of non-ortho nitro benzene ring substituents is 1. The van der Waals surface area contributed by atoms with E-state index in [-0.39, 0.29) is 16.3 Å². The van der Waals surface area contributed by atoms with Crippen LogP contribution in [-0.4, -0.2) is 10.8 Å². The van der Waals surface area contributed by atoms with Crippen molar-refractivity contribution in [3.63, 3.8) is 0 Å². The van der Waals surface area contributed by atoms with Crippen molar-refractivity contribution in [2.45, 2.75) is 6.18 Å². The fourth-order valence-corrected chi connectivity index (χ4v) is 1.99. The topological polar surface area (TPSA) is 72.2 Å². The lowest BCUT2D eigenvalue weighted by atomic mass is 10.1. The van der Waals surface area contributed by atoms with Gasteiger partial charge >= 0.3 is 6.18 Å². The van der Waals surface area contributed by atoms with Crippen molar-refractivity contribution in [2.24, 2.45) is 0 Å². The van der Waals surface area contributed by atoms with Crippen molar-refractivity contribution in [1.29, 1.82) is 0 Å². The van der Waals surface area contributed by atoms with Crippen LogP contribution in [0.15, 0.2) is 42.5 Å². The molecule has 0 aliphatic carbocycles. The lowest BCUT2D eigenvalue weighted by Crippen LogP contribution is -2.16. The Morgan fingerprint density at radius 2 is 1.87 bits per heavy atom. The molecule has 2 rings (SSSR count). The van der Waals surface area contributed by atoms with Gasteiger partial charge in [0.05, 0.1) is 16.2 Å². The van der Waals surface area contributed by atoms with E-state index in [1.165, 1.54) is 24.3 Å². The SMILES string of the molecule is O=C(Nc1ccc(Cl)cc1C(F)(F)F)c1cccc([N+](=O)[O-])c1. The zero-order valence-electron chi connectivity index (χ0n) is 11.2. The summed E-state index contributed by atoms with van der Waals surface area (Å²) in [6.45, 7) is 0. The largest absolute Gasteiger partial charge is 0.418 e. The van der Waals surface area contributed by atoms with Crippen LogP contribution in [0.4, 0.5) is 24.5 Å². The van der Waals surface area contributed by atoms with E-state index in [0.29, 0.717) is 6.07 Å². The van der Waals surface area contributed by atoms with Crippen molar-refractivity contribution in [3.05, 3.63) is 68.7 Å². The first-order valence-electron chi connectivity index (χ1n) is 6.11. The lowest BCUT2D eigenvalue weighted by Gasteiger charge is -2.14. The smallest absolute Gasteiger partial charge is 0.321 e. The van der Waals surface area contributed by atoms with Crippen molar-refractivity contribution in [3.8, 4) is 0 Å². The average Bonchev–Trinajstić information content (AvgIpc) is 2.48. The number of carbonyl (C=O) groups excluding carboxylic acids is 1. The van der Waals surface area contributed by atoms with Crippen LogP contribution in [0.25, 0.3) is 0 Å². The van der Waals surface area contributed by atoms with Crippen LogP contribution in [0.5, 0.6) is 0 Å². The van der Waals surface area contributed by atoms with Crippen molar-refractivity contribution >= 4 is 28.9 Å². The molecule has 0 aromatic heterocycles. The Hall–Kier alpha value is -2.61. The number of halogens is 4. The Labute approximate surface area is 132 Å². The van der Waals surface area contributed by atoms with Gasteiger partial charge in [0, 0.05) is 22.7 Å². The van der Waals surface area contributed by atoms with Crippen LogP contribution in [0.2, 0.25) is 5.02 Å². The summed E-state index contributed by atoms with van der Waals surface area (Å²) in [6.07, 6.45) is -4.71. The van der Waals surface area contributed by atoms with Gasteiger partial charge in [0.25, 0.3) is 11.6 Å². The molecule has 120 valence electrons. The molecule has 0 saturated carbocycles. The summed E-state index contributed by atoms with van der Waals surface area (Å²) >= 11 is 5.54. The van der Waals surface area contributed by atoms with Crippen LogP contribution < -0.4 is 5.32 Å². The van der Waals surface area contributed by atoms with Crippen molar-refractivity contribution in [2.75, 3.05) is 5.32 Å². The molecule has 2 aromatic carbocycles. The van der Waals surface area contributed by atoms with Gasteiger partial charge in [0.15, 0.2) is 0 Å². The molecule has 0 aliphatic heterocycles. The molecule has 0 radical (unpaired) electrons. The third-order valence-corrected chi connectivity index (χ3v) is 3.09. The highest BCUT2D eigenvalue weighted by Crippen LogP contribution is 2.36. The molecule has 1 N–H and O–H groups in total. The first-order valence-corrected chi connectivity index (χ1v) is 6.49. The highest BCUT2D eigenvalue weighted by atomic mass is 35.5. The van der Waals surface area contributed by atoms with Gasteiger partial charge in [0.1, 0.15) is 0 Å². The van der Waals surface area contributed by atoms with Crippen LogP contribution in [0.1, 0.15) is 15.9 Å². The predicted octanol–water partition coefficient (Wildman–Crippen LogP) is 4.52. The number of alkyl halides is 3. The second-order valence-electron chi connectivity index (χ2n) is 4.45. The molecule has 0 heterocycles. The third-order valence-electron chi connectivity index (χ3n) is 2.85. The zero-order chi connectivity index (χ0) is 17.2. The molecule has 0 spiro atoms. The number of nitro benzene ring substituents is 1. The molecule has 0 aliphatic rings. The normalized spacial score (nSPS) is 11.1. The molecule has 23 heavy (non-hydrogen) atoms. The van der Waals surface area contributed by atoms with Gasteiger partial charge < -0.3 is 5.32 Å². The second-order valence-corrected chi connectivity index (χ2v) is 4.89. The van der Waals surface area contributed by atoms with E-state index >= 15 is 0 Å². The number of anilines is 1. The summed E-state index contributed by atoms with van der Waals surface area (Å²) < 4.78 is 38.9. The number of nitrogens with zero attached hydrogens (tertiary/aromatic N) is 1. The number of nitrogens with one attached hydrogen (secondary N) is 1. The first-order chi connectivity index (χ1) is 10.7. The van der Waals surface area contributed by atoms with Crippen LogP contribution in [-0.2, 0) is 6.18 Å². The van der Waals surface area contributed by atoms with E-state index in [1.807, 2.05) is 0 Å². The Morgan fingerprint density at radius 1 is 1.17 bits per heavy atom. The highest BCUT2D eigenvalue weighted by molar-refractivity contribution is 6.30.